The maximum Gasteiger partial charge on any atom is 0.224 e. The second-order valence-corrected chi connectivity index (χ2v) is 12.4. The third-order valence-electron chi connectivity index (χ3n) is 8.38. The van der Waals surface area contributed by atoms with Crippen molar-refractivity contribution in [3.05, 3.63) is 23.7 Å². The number of rotatable bonds is 9. The van der Waals surface area contributed by atoms with Gasteiger partial charge >= 0.3 is 0 Å². The van der Waals surface area contributed by atoms with Crippen LogP contribution in [0.4, 0.5) is 11.8 Å². The summed E-state index contributed by atoms with van der Waals surface area (Å²) in [5.74, 6) is 1.70. The van der Waals surface area contributed by atoms with Crippen LogP contribution in [0.25, 0.3) is 20.8 Å². The third kappa shape index (κ3) is 5.59. The van der Waals surface area contributed by atoms with Gasteiger partial charge in [-0.25, -0.2) is 9.97 Å². The number of pyridine rings is 1. The first-order valence-electron chi connectivity index (χ1n) is 13.6. The Bertz CT molecular complexity index is 1250. The molecule has 0 radical (unpaired) electrons. The smallest absolute Gasteiger partial charge is 0.224 e. The van der Waals surface area contributed by atoms with Crippen molar-refractivity contribution in [1.29, 1.82) is 0 Å². The van der Waals surface area contributed by atoms with Gasteiger partial charge in [-0.3, -0.25) is 4.98 Å². The van der Waals surface area contributed by atoms with Crippen molar-refractivity contribution in [2.24, 2.45) is 5.92 Å². The lowest BCUT2D eigenvalue weighted by molar-refractivity contribution is -0.00836. The van der Waals surface area contributed by atoms with E-state index in [0.29, 0.717) is 5.95 Å². The van der Waals surface area contributed by atoms with Gasteiger partial charge in [0.15, 0.2) is 0 Å². The molecule has 200 valence electrons. The van der Waals surface area contributed by atoms with Crippen molar-refractivity contribution >= 4 is 33.3 Å². The van der Waals surface area contributed by atoms with Crippen LogP contribution in [-0.4, -0.2) is 55.9 Å². The molecule has 2 aliphatic rings. The lowest BCUT2D eigenvalue weighted by Gasteiger charge is -2.27. The van der Waals surface area contributed by atoms with Crippen LogP contribution in [0.5, 0.6) is 0 Å². The van der Waals surface area contributed by atoms with Crippen LogP contribution in [0.1, 0.15) is 76.6 Å². The standard InChI is InChI=1S/C28H40N6O2S/c1-17-22(25-33-23-18(2)29-14-10-21(23)37-25)24(32-20-9-8-19(16-20)27(3,4)35)34-26(31-17)30-15-13-28(36-5)11-6-7-12-28/h10,14,19-20,35H,6-9,11-13,15-16H2,1-5H3,(H2,30,31,32,34). The molecule has 0 saturated heterocycles. The van der Waals surface area contributed by atoms with Crippen molar-refractivity contribution in [3.8, 4) is 10.6 Å². The summed E-state index contributed by atoms with van der Waals surface area (Å²) in [7, 11) is 1.83. The van der Waals surface area contributed by atoms with Gasteiger partial charge in [0.05, 0.1) is 32.9 Å². The number of ether oxygens (including phenoxy) is 1. The normalized spacial score (nSPS) is 21.6. The molecule has 0 aromatic carbocycles. The molecule has 3 N–H and O–H groups in total. The summed E-state index contributed by atoms with van der Waals surface area (Å²) in [4.78, 5) is 19.2. The highest BCUT2D eigenvalue weighted by Gasteiger charge is 2.36. The van der Waals surface area contributed by atoms with Gasteiger partial charge in [-0.05, 0) is 78.2 Å². The topological polar surface area (TPSA) is 105 Å². The zero-order valence-corrected chi connectivity index (χ0v) is 23.5. The molecule has 0 aliphatic heterocycles. The fourth-order valence-electron chi connectivity index (χ4n) is 6.03. The number of nitrogens with zero attached hydrogens (tertiary/aromatic N) is 4. The molecule has 3 aromatic rings. The van der Waals surface area contributed by atoms with Gasteiger partial charge in [-0.15, -0.1) is 11.3 Å². The number of hydrogen-bond acceptors (Lipinski definition) is 9. The van der Waals surface area contributed by atoms with Crippen molar-refractivity contribution in [2.45, 2.75) is 96.3 Å². The van der Waals surface area contributed by atoms with Crippen LogP contribution < -0.4 is 10.6 Å². The minimum absolute atomic E-state index is 0.0219. The number of fused-ring (bicyclic) bond motifs is 1. The number of thiazole rings is 1. The van der Waals surface area contributed by atoms with Crippen molar-refractivity contribution in [2.75, 3.05) is 24.3 Å². The second-order valence-electron chi connectivity index (χ2n) is 11.4. The lowest BCUT2D eigenvalue weighted by Crippen LogP contribution is -2.30. The Morgan fingerprint density at radius 1 is 1.14 bits per heavy atom. The molecule has 9 heteroatoms. The van der Waals surface area contributed by atoms with Crippen LogP contribution in [0, 0.1) is 19.8 Å². The van der Waals surface area contributed by atoms with E-state index in [1.165, 1.54) is 12.8 Å². The van der Waals surface area contributed by atoms with Crippen LogP contribution >= 0.6 is 11.3 Å². The summed E-state index contributed by atoms with van der Waals surface area (Å²) >= 11 is 1.65. The SMILES string of the molecule is COC1(CCNc2nc(C)c(-c3nc4c(C)nccc4s3)c(NC3CCC(C(C)(C)O)C3)n2)CCCC1. The van der Waals surface area contributed by atoms with E-state index in [1.807, 2.05) is 47.1 Å². The first-order chi connectivity index (χ1) is 17.7. The van der Waals surface area contributed by atoms with Crippen LogP contribution in [0.3, 0.4) is 0 Å². The summed E-state index contributed by atoms with van der Waals surface area (Å²) in [6, 6.07) is 2.26. The molecule has 2 saturated carbocycles. The van der Waals surface area contributed by atoms with Crippen molar-refractivity contribution in [1.82, 2.24) is 19.9 Å². The summed E-state index contributed by atoms with van der Waals surface area (Å²) in [6.07, 6.45) is 10.4. The molecular formula is C28H40N6O2S. The molecule has 3 aromatic heterocycles. The monoisotopic (exact) mass is 524 g/mol. The van der Waals surface area contributed by atoms with E-state index in [4.69, 9.17) is 19.7 Å². The Kier molecular flexibility index (Phi) is 7.40. The molecule has 0 amide bonds. The minimum atomic E-state index is -0.678. The highest BCUT2D eigenvalue weighted by atomic mass is 32.1. The van der Waals surface area contributed by atoms with Gasteiger partial charge in [-0.1, -0.05) is 12.8 Å². The predicted octanol–water partition coefficient (Wildman–Crippen LogP) is 5.88. The first-order valence-corrected chi connectivity index (χ1v) is 14.4. The molecule has 2 aliphatic carbocycles. The van der Waals surface area contributed by atoms with Crippen molar-refractivity contribution in [3.63, 3.8) is 0 Å². The van der Waals surface area contributed by atoms with Crippen LogP contribution in [0.2, 0.25) is 0 Å². The summed E-state index contributed by atoms with van der Waals surface area (Å²) in [5, 5.41) is 18.7. The first kappa shape index (κ1) is 26.3. The molecular weight excluding hydrogens is 484 g/mol. The summed E-state index contributed by atoms with van der Waals surface area (Å²) in [5.41, 5.74) is 2.99. The Morgan fingerprint density at radius 3 is 2.59 bits per heavy atom. The van der Waals surface area contributed by atoms with Gasteiger partial charge in [0.1, 0.15) is 16.3 Å². The Balaban J connectivity index is 1.43. The highest BCUT2D eigenvalue weighted by Crippen LogP contribution is 2.40. The fraction of sp³-hybridized carbons (Fsp3) is 0.643. The predicted molar refractivity (Wildman–Crippen MR) is 150 cm³/mol. The minimum Gasteiger partial charge on any atom is -0.390 e. The zero-order valence-electron chi connectivity index (χ0n) is 22.7. The molecule has 2 unspecified atom stereocenters. The van der Waals surface area contributed by atoms with E-state index >= 15 is 0 Å². The quantitative estimate of drug-likeness (QED) is 0.319. The molecule has 0 spiro atoms. The van der Waals surface area contributed by atoms with E-state index in [9.17, 15) is 5.11 Å². The van der Waals surface area contributed by atoms with E-state index < -0.39 is 5.60 Å². The Labute approximate surface area is 223 Å². The molecule has 2 fully saturated rings. The summed E-state index contributed by atoms with van der Waals surface area (Å²) in [6.45, 7) is 8.62. The number of aryl methyl sites for hydroxylation is 2. The second kappa shape index (κ2) is 10.4. The number of anilines is 2. The number of nitrogens with one attached hydrogen (secondary N) is 2. The maximum absolute atomic E-state index is 10.6. The molecule has 0 bridgehead atoms. The van der Waals surface area contributed by atoms with Crippen LogP contribution in [0.15, 0.2) is 12.3 Å². The largest absolute Gasteiger partial charge is 0.390 e. The van der Waals surface area contributed by atoms with E-state index in [-0.39, 0.29) is 17.6 Å². The Morgan fingerprint density at radius 2 is 1.92 bits per heavy atom. The average molecular weight is 525 g/mol. The number of aromatic nitrogens is 4. The van der Waals surface area contributed by atoms with Gasteiger partial charge in [0.2, 0.25) is 5.95 Å². The molecule has 8 nitrogen and oxygen atoms in total. The van der Waals surface area contributed by atoms with Crippen molar-refractivity contribution < 1.29 is 9.84 Å². The molecule has 37 heavy (non-hydrogen) atoms. The zero-order chi connectivity index (χ0) is 26.2. The van der Waals surface area contributed by atoms with E-state index in [1.54, 1.807) is 11.3 Å². The van der Waals surface area contributed by atoms with E-state index in [0.717, 1.165) is 83.1 Å². The number of methoxy groups -OCH3 is 1. The molecule has 2 atom stereocenters. The van der Waals surface area contributed by atoms with Gasteiger partial charge in [0.25, 0.3) is 0 Å². The lowest BCUT2D eigenvalue weighted by atomic mass is 9.89. The maximum atomic E-state index is 10.6. The average Bonchev–Trinajstić information content (AvgIpc) is 3.59. The molecule has 3 heterocycles. The third-order valence-corrected chi connectivity index (χ3v) is 9.42. The van der Waals surface area contributed by atoms with Gasteiger partial charge < -0.3 is 20.5 Å². The summed E-state index contributed by atoms with van der Waals surface area (Å²) < 4.78 is 7.01. The van der Waals surface area contributed by atoms with Gasteiger partial charge in [0, 0.05) is 25.9 Å². The highest BCUT2D eigenvalue weighted by molar-refractivity contribution is 7.21. The van der Waals surface area contributed by atoms with E-state index in [2.05, 4.69) is 15.6 Å². The number of hydrogen-bond donors (Lipinski definition) is 3. The number of aliphatic hydroxyl groups is 1. The fourth-order valence-corrected chi connectivity index (χ4v) is 7.14. The Hall–Kier alpha value is -2.36. The molecule has 5 rings (SSSR count). The van der Waals surface area contributed by atoms with Crippen LogP contribution in [-0.2, 0) is 4.74 Å². The van der Waals surface area contributed by atoms with Gasteiger partial charge in [-0.2, -0.15) is 4.98 Å².